The van der Waals surface area contributed by atoms with Crippen LogP contribution < -0.4 is 20.1 Å². The van der Waals surface area contributed by atoms with E-state index < -0.39 is 0 Å². The minimum Gasteiger partial charge on any atom is -0.493 e. The monoisotopic (exact) mass is 479 g/mol. The van der Waals surface area contributed by atoms with E-state index in [1.165, 1.54) is 11.1 Å². The summed E-state index contributed by atoms with van der Waals surface area (Å²) in [6.45, 7) is 2.34. The smallest absolute Gasteiger partial charge is 0.191 e. The topological polar surface area (TPSA) is 54.9 Å². The average molecular weight is 479 g/mol. The van der Waals surface area contributed by atoms with Crippen molar-refractivity contribution in [3.63, 3.8) is 0 Å². The molecule has 0 saturated heterocycles. The Morgan fingerprint density at radius 2 is 1.78 bits per heavy atom. The molecule has 0 fully saturated rings. The van der Waals surface area contributed by atoms with Crippen molar-refractivity contribution in [3.8, 4) is 11.5 Å². The molecule has 0 saturated carbocycles. The van der Waals surface area contributed by atoms with Crippen LogP contribution >= 0.6 is 24.0 Å². The number of hydrogen-bond donors (Lipinski definition) is 2. The number of aliphatic imine (C=N–C) groups is 1. The SMILES string of the molecule is CN=C(NCC1Cc2ccccc2O1)NCC1CCOc2ccccc21.I. The molecule has 0 bridgehead atoms. The third-order valence-electron chi connectivity index (χ3n) is 5.03. The molecule has 0 radical (unpaired) electrons. The normalized spacial score (nSPS) is 20.4. The van der Waals surface area contributed by atoms with Gasteiger partial charge in [-0.25, -0.2) is 0 Å². The fourth-order valence-electron chi connectivity index (χ4n) is 3.65. The van der Waals surface area contributed by atoms with Crippen LogP contribution in [-0.4, -0.2) is 38.8 Å². The second kappa shape index (κ2) is 9.30. The summed E-state index contributed by atoms with van der Waals surface area (Å²) < 4.78 is 11.7. The van der Waals surface area contributed by atoms with E-state index in [2.05, 4.69) is 39.9 Å². The molecule has 5 nitrogen and oxygen atoms in total. The van der Waals surface area contributed by atoms with Gasteiger partial charge < -0.3 is 20.1 Å². The number of nitrogens with one attached hydrogen (secondary N) is 2. The fourth-order valence-corrected chi connectivity index (χ4v) is 3.65. The van der Waals surface area contributed by atoms with Crippen molar-refractivity contribution < 1.29 is 9.47 Å². The molecule has 0 aliphatic carbocycles. The largest absolute Gasteiger partial charge is 0.493 e. The molecule has 2 aromatic rings. The number of hydrogen-bond acceptors (Lipinski definition) is 3. The predicted octanol–water partition coefficient (Wildman–Crippen LogP) is 3.34. The summed E-state index contributed by atoms with van der Waals surface area (Å²) in [7, 11) is 1.80. The van der Waals surface area contributed by atoms with E-state index in [4.69, 9.17) is 9.47 Å². The lowest BCUT2D eigenvalue weighted by molar-refractivity contribution is 0.234. The van der Waals surface area contributed by atoms with E-state index >= 15 is 0 Å². The maximum atomic E-state index is 5.98. The molecule has 2 unspecified atom stereocenters. The first-order valence-electron chi connectivity index (χ1n) is 9.24. The van der Waals surface area contributed by atoms with Gasteiger partial charge in [0.2, 0.25) is 0 Å². The van der Waals surface area contributed by atoms with Crippen LogP contribution in [0.1, 0.15) is 23.5 Å². The van der Waals surface area contributed by atoms with Crippen LogP contribution in [0.15, 0.2) is 53.5 Å². The van der Waals surface area contributed by atoms with Crippen molar-refractivity contribution >= 4 is 29.9 Å². The highest BCUT2D eigenvalue weighted by molar-refractivity contribution is 14.0. The number of rotatable bonds is 4. The first-order valence-corrected chi connectivity index (χ1v) is 9.24. The van der Waals surface area contributed by atoms with Gasteiger partial charge in [-0.05, 0) is 29.7 Å². The number of fused-ring (bicyclic) bond motifs is 2. The molecule has 0 amide bonds. The van der Waals surface area contributed by atoms with Crippen LogP contribution in [0.25, 0.3) is 0 Å². The zero-order chi connectivity index (χ0) is 17.8. The Morgan fingerprint density at radius 3 is 2.59 bits per heavy atom. The van der Waals surface area contributed by atoms with Crippen molar-refractivity contribution in [1.82, 2.24) is 10.6 Å². The zero-order valence-corrected chi connectivity index (χ0v) is 17.8. The van der Waals surface area contributed by atoms with E-state index in [1.54, 1.807) is 7.05 Å². The van der Waals surface area contributed by atoms with E-state index in [1.807, 2.05) is 24.3 Å². The average Bonchev–Trinajstić information content (AvgIpc) is 3.11. The summed E-state index contributed by atoms with van der Waals surface area (Å²) in [5, 5.41) is 6.85. The minimum absolute atomic E-state index is 0. The molecule has 6 heteroatoms. The van der Waals surface area contributed by atoms with Crippen molar-refractivity contribution in [2.24, 2.45) is 4.99 Å². The number of guanidine groups is 1. The maximum Gasteiger partial charge on any atom is 0.191 e. The van der Waals surface area contributed by atoms with Crippen LogP contribution in [0, 0.1) is 0 Å². The Labute approximate surface area is 177 Å². The highest BCUT2D eigenvalue weighted by Gasteiger charge is 2.23. The van der Waals surface area contributed by atoms with Gasteiger partial charge >= 0.3 is 0 Å². The van der Waals surface area contributed by atoms with Crippen molar-refractivity contribution in [2.75, 3.05) is 26.7 Å². The zero-order valence-electron chi connectivity index (χ0n) is 15.5. The summed E-state index contributed by atoms with van der Waals surface area (Å²) in [5.74, 6) is 3.26. The van der Waals surface area contributed by atoms with Gasteiger partial charge in [-0.15, -0.1) is 24.0 Å². The van der Waals surface area contributed by atoms with Crippen molar-refractivity contribution in [3.05, 3.63) is 59.7 Å². The summed E-state index contributed by atoms with van der Waals surface area (Å²) in [6.07, 6.45) is 2.10. The molecule has 27 heavy (non-hydrogen) atoms. The minimum atomic E-state index is 0. The molecule has 2 atom stereocenters. The second-order valence-corrected chi connectivity index (χ2v) is 6.76. The maximum absolute atomic E-state index is 5.98. The van der Waals surface area contributed by atoms with Gasteiger partial charge in [-0.2, -0.15) is 0 Å². The molecule has 2 aliphatic heterocycles. The van der Waals surface area contributed by atoms with Gasteiger partial charge in [0.15, 0.2) is 5.96 Å². The Balaban J connectivity index is 0.00000210. The van der Waals surface area contributed by atoms with Crippen LogP contribution in [0.2, 0.25) is 0 Å². The molecular formula is C21H26IN3O2. The lowest BCUT2D eigenvalue weighted by Crippen LogP contribution is -2.43. The molecule has 2 aromatic carbocycles. The quantitative estimate of drug-likeness (QED) is 0.402. The van der Waals surface area contributed by atoms with Crippen molar-refractivity contribution in [2.45, 2.75) is 24.9 Å². The van der Waals surface area contributed by atoms with Crippen LogP contribution in [0.5, 0.6) is 11.5 Å². The highest BCUT2D eigenvalue weighted by atomic mass is 127. The molecule has 2 N–H and O–H groups in total. The van der Waals surface area contributed by atoms with Gasteiger partial charge in [-0.1, -0.05) is 36.4 Å². The summed E-state index contributed by atoms with van der Waals surface area (Å²) in [5.41, 5.74) is 2.55. The van der Waals surface area contributed by atoms with Crippen molar-refractivity contribution in [1.29, 1.82) is 0 Å². The molecule has 0 spiro atoms. The predicted molar refractivity (Wildman–Crippen MR) is 119 cm³/mol. The van der Waals surface area contributed by atoms with E-state index in [0.717, 1.165) is 50.0 Å². The number of nitrogens with zero attached hydrogens (tertiary/aromatic N) is 1. The number of benzene rings is 2. The Hall–Kier alpha value is -1.96. The molecule has 144 valence electrons. The van der Waals surface area contributed by atoms with Crippen LogP contribution in [0.4, 0.5) is 0 Å². The van der Waals surface area contributed by atoms with Gasteiger partial charge in [-0.3, -0.25) is 4.99 Å². The molecular weight excluding hydrogens is 453 g/mol. The van der Waals surface area contributed by atoms with E-state index in [-0.39, 0.29) is 30.1 Å². The van der Waals surface area contributed by atoms with E-state index in [0.29, 0.717) is 5.92 Å². The first-order chi connectivity index (χ1) is 12.8. The Kier molecular flexibility index (Phi) is 6.82. The summed E-state index contributed by atoms with van der Waals surface area (Å²) >= 11 is 0. The fraction of sp³-hybridized carbons (Fsp3) is 0.381. The summed E-state index contributed by atoms with van der Waals surface area (Å²) in [4.78, 5) is 4.35. The molecule has 4 rings (SSSR count). The number of ether oxygens (including phenoxy) is 2. The summed E-state index contributed by atoms with van der Waals surface area (Å²) in [6, 6.07) is 16.5. The van der Waals surface area contributed by atoms with Gasteiger partial charge in [0.1, 0.15) is 17.6 Å². The first kappa shape index (κ1) is 19.8. The third kappa shape index (κ3) is 4.66. The van der Waals surface area contributed by atoms with Gasteiger partial charge in [0, 0.05) is 25.9 Å². The van der Waals surface area contributed by atoms with E-state index in [9.17, 15) is 0 Å². The lowest BCUT2D eigenvalue weighted by atomic mass is 9.93. The molecule has 2 heterocycles. The van der Waals surface area contributed by atoms with Crippen LogP contribution in [-0.2, 0) is 6.42 Å². The van der Waals surface area contributed by atoms with Gasteiger partial charge in [0.05, 0.1) is 13.2 Å². The third-order valence-corrected chi connectivity index (χ3v) is 5.03. The standard InChI is InChI=1S/C21H25N3O2.HI/c1-22-21(24-14-17-12-15-6-2-4-8-19(15)26-17)23-13-16-10-11-25-20-9-5-3-7-18(16)20;/h2-9,16-17H,10-14H2,1H3,(H2,22,23,24);1H. The number of para-hydroxylation sites is 2. The second-order valence-electron chi connectivity index (χ2n) is 6.76. The highest BCUT2D eigenvalue weighted by Crippen LogP contribution is 2.32. The Morgan fingerprint density at radius 1 is 1.04 bits per heavy atom. The molecule has 2 aliphatic rings. The lowest BCUT2D eigenvalue weighted by Gasteiger charge is -2.26. The van der Waals surface area contributed by atoms with Gasteiger partial charge in [0.25, 0.3) is 0 Å². The Bertz CT molecular complexity index is 772. The molecule has 0 aromatic heterocycles. The van der Waals surface area contributed by atoms with Crippen LogP contribution in [0.3, 0.4) is 0 Å². The number of halogens is 1.